The number of phenolic OH excluding ortho intramolecular Hbond substituents is 1. The molecule has 3 heteroatoms. The lowest BCUT2D eigenvalue weighted by Crippen LogP contribution is -1.83. The summed E-state index contributed by atoms with van der Waals surface area (Å²) in [7, 11) is 1.59. The Morgan fingerprint density at radius 2 is 1.90 bits per heavy atom. The van der Waals surface area contributed by atoms with Crippen molar-refractivity contribution in [3.8, 4) is 11.5 Å². The highest BCUT2D eigenvalue weighted by Crippen LogP contribution is 2.28. The lowest BCUT2D eigenvalue weighted by molar-refractivity contribution is 0.407. The van der Waals surface area contributed by atoms with Crippen LogP contribution in [0.5, 0.6) is 11.5 Å². The van der Waals surface area contributed by atoms with Crippen LogP contribution < -0.4 is 4.74 Å². The maximum atomic E-state index is 9.63. The Hall–Kier alpha value is -2.26. The molecule has 2 aromatic carbocycles. The first kappa shape index (κ1) is 12.8. The third kappa shape index (κ3) is 2.68. The Morgan fingerprint density at radius 1 is 1.05 bits per heavy atom. The van der Waals surface area contributed by atoms with E-state index >= 15 is 0 Å². The van der Waals surface area contributed by atoms with E-state index in [9.17, 15) is 5.11 Å². The van der Waals surface area contributed by atoms with Crippen molar-refractivity contribution in [2.24, 2.45) is 0 Å². The van der Waals surface area contributed by atoms with Crippen molar-refractivity contribution >= 4 is 33.6 Å². The Morgan fingerprint density at radius 3 is 2.70 bits per heavy atom. The summed E-state index contributed by atoms with van der Waals surface area (Å²) in [6, 6.07) is 15.7. The van der Waals surface area contributed by atoms with E-state index in [2.05, 4.69) is 24.3 Å². The van der Waals surface area contributed by atoms with Crippen molar-refractivity contribution in [1.82, 2.24) is 0 Å². The van der Waals surface area contributed by atoms with Crippen LogP contribution in [0.1, 0.15) is 10.4 Å². The number of thiophene rings is 1. The third-order valence-corrected chi connectivity index (χ3v) is 4.12. The lowest BCUT2D eigenvalue weighted by atomic mass is 10.2. The van der Waals surface area contributed by atoms with Gasteiger partial charge in [0.15, 0.2) is 0 Å². The molecule has 1 aromatic heterocycles. The zero-order valence-corrected chi connectivity index (χ0v) is 11.9. The molecule has 0 radical (unpaired) electrons. The van der Waals surface area contributed by atoms with E-state index in [0.29, 0.717) is 5.75 Å². The second-order valence-electron chi connectivity index (χ2n) is 4.48. The van der Waals surface area contributed by atoms with E-state index < -0.39 is 0 Å². The molecule has 0 saturated heterocycles. The number of methoxy groups -OCH3 is 1. The first-order chi connectivity index (χ1) is 9.74. The number of benzene rings is 2. The number of rotatable bonds is 3. The van der Waals surface area contributed by atoms with Gasteiger partial charge < -0.3 is 9.84 Å². The van der Waals surface area contributed by atoms with Gasteiger partial charge in [-0.25, -0.2) is 0 Å². The van der Waals surface area contributed by atoms with Crippen molar-refractivity contribution in [1.29, 1.82) is 0 Å². The largest absolute Gasteiger partial charge is 0.508 e. The molecule has 3 aromatic rings. The monoisotopic (exact) mass is 282 g/mol. The molecule has 0 unspecified atom stereocenters. The van der Waals surface area contributed by atoms with Gasteiger partial charge in [-0.3, -0.25) is 0 Å². The van der Waals surface area contributed by atoms with Crippen molar-refractivity contribution in [3.63, 3.8) is 0 Å². The molecule has 2 nitrogen and oxygen atoms in total. The first-order valence-corrected chi connectivity index (χ1v) is 7.11. The van der Waals surface area contributed by atoms with Gasteiger partial charge in [-0.2, -0.15) is 0 Å². The minimum Gasteiger partial charge on any atom is -0.508 e. The summed E-state index contributed by atoms with van der Waals surface area (Å²) in [4.78, 5) is 1.19. The van der Waals surface area contributed by atoms with Gasteiger partial charge in [-0.15, -0.1) is 11.3 Å². The minimum atomic E-state index is 0.209. The molecular formula is C17H14O2S. The predicted octanol–water partition coefficient (Wildman–Crippen LogP) is 4.79. The Labute approximate surface area is 121 Å². The van der Waals surface area contributed by atoms with Gasteiger partial charge in [0.05, 0.1) is 7.11 Å². The maximum Gasteiger partial charge on any atom is 0.123 e. The summed E-state index contributed by atoms with van der Waals surface area (Å²) in [6.07, 6.45) is 4.03. The average Bonchev–Trinajstić information content (AvgIpc) is 2.87. The molecule has 0 amide bonds. The van der Waals surface area contributed by atoms with Gasteiger partial charge in [0.1, 0.15) is 11.5 Å². The van der Waals surface area contributed by atoms with E-state index in [1.165, 1.54) is 15.0 Å². The topological polar surface area (TPSA) is 29.5 Å². The molecule has 0 bridgehead atoms. The van der Waals surface area contributed by atoms with E-state index in [1.807, 2.05) is 24.3 Å². The molecule has 1 heterocycles. The van der Waals surface area contributed by atoms with Gasteiger partial charge in [0, 0.05) is 15.6 Å². The van der Waals surface area contributed by atoms with Crippen LogP contribution in [0.25, 0.3) is 22.2 Å². The van der Waals surface area contributed by atoms with Crippen molar-refractivity contribution in [2.75, 3.05) is 7.11 Å². The molecule has 0 saturated carbocycles. The second kappa shape index (κ2) is 5.39. The summed E-state index contributed by atoms with van der Waals surface area (Å²) in [6.45, 7) is 0. The van der Waals surface area contributed by atoms with E-state index in [1.54, 1.807) is 30.6 Å². The smallest absolute Gasteiger partial charge is 0.123 e. The van der Waals surface area contributed by atoms with Crippen molar-refractivity contribution in [2.45, 2.75) is 0 Å². The van der Waals surface area contributed by atoms with Crippen LogP contribution in [0, 0.1) is 0 Å². The van der Waals surface area contributed by atoms with Crippen LogP contribution in [0.15, 0.2) is 48.5 Å². The van der Waals surface area contributed by atoms with E-state index in [4.69, 9.17) is 4.74 Å². The number of hydrogen-bond acceptors (Lipinski definition) is 3. The number of fused-ring (bicyclic) bond motifs is 1. The molecule has 0 fully saturated rings. The Kier molecular flexibility index (Phi) is 3.44. The maximum absolute atomic E-state index is 9.63. The SMILES string of the molecule is COc1cc(O)cc(C=Cc2cc3ccccc3s2)c1. The highest BCUT2D eigenvalue weighted by Gasteiger charge is 2.00. The van der Waals surface area contributed by atoms with Crippen LogP contribution in [0.3, 0.4) is 0 Å². The van der Waals surface area contributed by atoms with Crippen LogP contribution in [0.2, 0.25) is 0 Å². The highest BCUT2D eigenvalue weighted by molar-refractivity contribution is 7.19. The summed E-state index contributed by atoms with van der Waals surface area (Å²) in [5, 5.41) is 10.9. The molecule has 0 aliphatic carbocycles. The lowest BCUT2D eigenvalue weighted by Gasteiger charge is -2.02. The molecule has 3 rings (SSSR count). The average molecular weight is 282 g/mol. The van der Waals surface area contributed by atoms with Crippen molar-refractivity contribution < 1.29 is 9.84 Å². The number of ether oxygens (including phenoxy) is 1. The van der Waals surface area contributed by atoms with Crippen LogP contribution in [-0.2, 0) is 0 Å². The molecule has 0 aliphatic heterocycles. The summed E-state index contributed by atoms with van der Waals surface area (Å²) in [5.74, 6) is 0.862. The molecule has 0 aliphatic rings. The zero-order valence-electron chi connectivity index (χ0n) is 11.0. The zero-order chi connectivity index (χ0) is 13.9. The van der Waals surface area contributed by atoms with E-state index in [-0.39, 0.29) is 5.75 Å². The Bertz CT molecular complexity index is 739. The number of hydrogen-bond donors (Lipinski definition) is 1. The van der Waals surface area contributed by atoms with Gasteiger partial charge in [-0.1, -0.05) is 24.3 Å². The van der Waals surface area contributed by atoms with Gasteiger partial charge >= 0.3 is 0 Å². The van der Waals surface area contributed by atoms with Gasteiger partial charge in [0.2, 0.25) is 0 Å². The highest BCUT2D eigenvalue weighted by atomic mass is 32.1. The molecule has 0 spiro atoms. The quantitative estimate of drug-likeness (QED) is 0.748. The predicted molar refractivity (Wildman–Crippen MR) is 85.4 cm³/mol. The normalized spacial score (nSPS) is 11.2. The second-order valence-corrected chi connectivity index (χ2v) is 5.60. The van der Waals surface area contributed by atoms with Gasteiger partial charge in [0.25, 0.3) is 0 Å². The van der Waals surface area contributed by atoms with Crippen molar-refractivity contribution in [3.05, 3.63) is 59.0 Å². The summed E-state index contributed by atoms with van der Waals surface area (Å²) >= 11 is 1.75. The van der Waals surface area contributed by atoms with Gasteiger partial charge in [-0.05, 0) is 41.3 Å². The van der Waals surface area contributed by atoms with Crippen LogP contribution >= 0.6 is 11.3 Å². The molecule has 100 valence electrons. The summed E-state index contributed by atoms with van der Waals surface area (Å²) in [5.41, 5.74) is 0.916. The standard InChI is InChI=1S/C17H14O2S/c1-19-15-9-12(8-14(18)11-15)6-7-16-10-13-4-2-3-5-17(13)20-16/h2-11,18H,1H3. The fourth-order valence-electron chi connectivity index (χ4n) is 2.08. The molecular weight excluding hydrogens is 268 g/mol. The molecule has 0 atom stereocenters. The van der Waals surface area contributed by atoms with Crippen LogP contribution in [-0.4, -0.2) is 12.2 Å². The number of aromatic hydroxyl groups is 1. The fourth-order valence-corrected chi connectivity index (χ4v) is 3.05. The third-order valence-electron chi connectivity index (χ3n) is 3.03. The first-order valence-electron chi connectivity index (χ1n) is 6.29. The molecule has 1 N–H and O–H groups in total. The van der Waals surface area contributed by atoms with E-state index in [0.717, 1.165) is 5.56 Å². The summed E-state index contributed by atoms with van der Waals surface area (Å²) < 4.78 is 6.42. The Balaban J connectivity index is 1.91. The van der Waals surface area contributed by atoms with Crippen LogP contribution in [0.4, 0.5) is 0 Å². The fraction of sp³-hybridized carbons (Fsp3) is 0.0588. The minimum absolute atomic E-state index is 0.209. The molecule has 20 heavy (non-hydrogen) atoms. The number of phenols is 1.